The Bertz CT molecular complexity index is 966. The minimum Gasteiger partial charge on any atom is -0.496 e. The second-order valence-corrected chi connectivity index (χ2v) is 6.93. The van der Waals surface area contributed by atoms with Crippen molar-refractivity contribution in [3.63, 3.8) is 0 Å². The van der Waals surface area contributed by atoms with Gasteiger partial charge in [0, 0.05) is 22.4 Å². The van der Waals surface area contributed by atoms with Crippen molar-refractivity contribution in [2.24, 2.45) is 0 Å². The zero-order valence-corrected chi connectivity index (χ0v) is 14.1. The first-order valence-electron chi connectivity index (χ1n) is 7.66. The fraction of sp³-hybridized carbons (Fsp3) is 0.333. The van der Waals surface area contributed by atoms with Gasteiger partial charge in [0.2, 0.25) is 0 Å². The maximum atomic E-state index is 12.0. The average Bonchev–Trinajstić information content (AvgIpc) is 3.28. The molecule has 2 heterocycles. The van der Waals surface area contributed by atoms with Gasteiger partial charge in [0.1, 0.15) is 11.3 Å². The van der Waals surface area contributed by atoms with Crippen LogP contribution >= 0.6 is 11.3 Å². The molecule has 1 aliphatic rings. The number of aryl methyl sites for hydroxylation is 1. The Kier molecular flexibility index (Phi) is 3.27. The van der Waals surface area contributed by atoms with Crippen LogP contribution in [0, 0.1) is 13.8 Å². The number of rotatable bonds is 3. The van der Waals surface area contributed by atoms with Gasteiger partial charge in [-0.3, -0.25) is 0 Å². The SMILES string of the molecule is COc1cc(-c2csc(C3CC3)n2)cc2oc(=O)c(C)c(C)c12. The predicted molar refractivity (Wildman–Crippen MR) is 91.6 cm³/mol. The molecule has 0 atom stereocenters. The normalized spacial score (nSPS) is 14.4. The highest BCUT2D eigenvalue weighted by atomic mass is 32.1. The first kappa shape index (κ1) is 14.5. The van der Waals surface area contributed by atoms with Gasteiger partial charge in [-0.15, -0.1) is 11.3 Å². The summed E-state index contributed by atoms with van der Waals surface area (Å²) >= 11 is 1.70. The monoisotopic (exact) mass is 327 g/mol. The van der Waals surface area contributed by atoms with E-state index in [4.69, 9.17) is 14.1 Å². The average molecular weight is 327 g/mol. The Balaban J connectivity index is 1.94. The Morgan fingerprint density at radius 2 is 2.04 bits per heavy atom. The molecule has 4 rings (SSSR count). The third kappa shape index (κ3) is 2.36. The summed E-state index contributed by atoms with van der Waals surface area (Å²) in [4.78, 5) is 16.7. The Hall–Kier alpha value is -2.14. The molecule has 118 valence electrons. The molecule has 1 aromatic carbocycles. The van der Waals surface area contributed by atoms with Crippen LogP contribution in [-0.2, 0) is 0 Å². The molecule has 2 aromatic heterocycles. The van der Waals surface area contributed by atoms with E-state index in [1.165, 1.54) is 17.8 Å². The fourth-order valence-electron chi connectivity index (χ4n) is 2.80. The van der Waals surface area contributed by atoms with E-state index in [0.717, 1.165) is 22.2 Å². The summed E-state index contributed by atoms with van der Waals surface area (Å²) in [7, 11) is 1.63. The van der Waals surface area contributed by atoms with Crippen LogP contribution in [0.1, 0.15) is 34.9 Å². The topological polar surface area (TPSA) is 52.3 Å². The molecule has 0 aliphatic heterocycles. The highest BCUT2D eigenvalue weighted by Gasteiger charge is 2.27. The summed E-state index contributed by atoms with van der Waals surface area (Å²) < 4.78 is 11.0. The highest BCUT2D eigenvalue weighted by molar-refractivity contribution is 7.10. The van der Waals surface area contributed by atoms with E-state index in [1.54, 1.807) is 25.4 Å². The van der Waals surface area contributed by atoms with Gasteiger partial charge in [-0.1, -0.05) is 0 Å². The molecule has 5 heteroatoms. The van der Waals surface area contributed by atoms with Crippen molar-refractivity contribution in [2.45, 2.75) is 32.6 Å². The molecule has 0 unspecified atom stereocenters. The van der Waals surface area contributed by atoms with E-state index in [-0.39, 0.29) is 5.63 Å². The molecule has 1 saturated carbocycles. The number of nitrogens with zero attached hydrogens (tertiary/aromatic N) is 1. The number of hydrogen-bond acceptors (Lipinski definition) is 5. The van der Waals surface area contributed by atoms with E-state index in [1.807, 2.05) is 19.1 Å². The summed E-state index contributed by atoms with van der Waals surface area (Å²) in [6.07, 6.45) is 2.47. The van der Waals surface area contributed by atoms with E-state index in [0.29, 0.717) is 22.8 Å². The lowest BCUT2D eigenvalue weighted by Crippen LogP contribution is -2.06. The fourth-order valence-corrected chi connectivity index (χ4v) is 3.80. The van der Waals surface area contributed by atoms with Crippen molar-refractivity contribution in [1.82, 2.24) is 4.98 Å². The molecule has 0 spiro atoms. The number of methoxy groups -OCH3 is 1. The van der Waals surface area contributed by atoms with Crippen LogP contribution in [0.3, 0.4) is 0 Å². The van der Waals surface area contributed by atoms with Crippen molar-refractivity contribution in [2.75, 3.05) is 7.11 Å². The van der Waals surface area contributed by atoms with Crippen molar-refractivity contribution in [3.05, 3.63) is 44.1 Å². The number of thiazole rings is 1. The molecule has 3 aromatic rings. The maximum Gasteiger partial charge on any atom is 0.339 e. The first-order valence-corrected chi connectivity index (χ1v) is 8.54. The van der Waals surface area contributed by atoms with Gasteiger partial charge in [-0.05, 0) is 44.4 Å². The van der Waals surface area contributed by atoms with Gasteiger partial charge in [0.25, 0.3) is 0 Å². The summed E-state index contributed by atoms with van der Waals surface area (Å²) in [5.74, 6) is 1.35. The zero-order valence-electron chi connectivity index (χ0n) is 13.3. The smallest absolute Gasteiger partial charge is 0.339 e. The molecule has 0 radical (unpaired) electrons. The largest absolute Gasteiger partial charge is 0.496 e. The van der Waals surface area contributed by atoms with Gasteiger partial charge in [0.15, 0.2) is 0 Å². The predicted octanol–water partition coefficient (Wildman–Crippen LogP) is 4.42. The van der Waals surface area contributed by atoms with Gasteiger partial charge in [-0.25, -0.2) is 9.78 Å². The molecule has 23 heavy (non-hydrogen) atoms. The van der Waals surface area contributed by atoms with Crippen LogP contribution in [0.15, 0.2) is 26.7 Å². The molecular weight excluding hydrogens is 310 g/mol. The number of aromatic nitrogens is 1. The zero-order chi connectivity index (χ0) is 16.1. The molecule has 1 aliphatic carbocycles. The molecule has 4 nitrogen and oxygen atoms in total. The lowest BCUT2D eigenvalue weighted by molar-refractivity contribution is 0.418. The Morgan fingerprint density at radius 1 is 1.26 bits per heavy atom. The number of hydrogen-bond donors (Lipinski definition) is 0. The second kappa shape index (κ2) is 5.20. The van der Waals surface area contributed by atoms with Crippen LogP contribution in [0.4, 0.5) is 0 Å². The maximum absolute atomic E-state index is 12.0. The van der Waals surface area contributed by atoms with Crippen molar-refractivity contribution >= 4 is 22.3 Å². The lowest BCUT2D eigenvalue weighted by atomic mass is 10.0. The minimum absolute atomic E-state index is 0.300. The third-order valence-electron chi connectivity index (χ3n) is 4.48. The van der Waals surface area contributed by atoms with Crippen LogP contribution < -0.4 is 10.4 Å². The summed E-state index contributed by atoms with van der Waals surface area (Å²) in [6.45, 7) is 3.70. The Labute approximate surface area is 137 Å². The number of fused-ring (bicyclic) bond motifs is 1. The van der Waals surface area contributed by atoms with Crippen molar-refractivity contribution in [1.29, 1.82) is 0 Å². The van der Waals surface area contributed by atoms with Gasteiger partial charge in [0.05, 0.1) is 23.2 Å². The van der Waals surface area contributed by atoms with Crippen LogP contribution in [0.5, 0.6) is 5.75 Å². The molecule has 0 bridgehead atoms. The molecule has 0 amide bonds. The van der Waals surface area contributed by atoms with E-state index in [2.05, 4.69) is 5.38 Å². The minimum atomic E-state index is -0.300. The van der Waals surface area contributed by atoms with E-state index >= 15 is 0 Å². The quantitative estimate of drug-likeness (QED) is 0.668. The number of benzene rings is 1. The van der Waals surface area contributed by atoms with Gasteiger partial charge >= 0.3 is 5.63 Å². The van der Waals surface area contributed by atoms with Gasteiger partial charge in [-0.2, -0.15) is 0 Å². The van der Waals surface area contributed by atoms with E-state index in [9.17, 15) is 4.79 Å². The van der Waals surface area contributed by atoms with Crippen LogP contribution in [0.2, 0.25) is 0 Å². The number of ether oxygens (including phenoxy) is 1. The summed E-state index contributed by atoms with van der Waals surface area (Å²) in [5, 5.41) is 4.11. The molecule has 0 N–H and O–H groups in total. The third-order valence-corrected chi connectivity index (χ3v) is 5.48. The highest BCUT2D eigenvalue weighted by Crippen LogP contribution is 2.43. The standard InChI is InChI=1S/C18H17NO3S/c1-9-10(2)18(20)22-15-7-12(6-14(21-3)16(9)15)13-8-23-17(19-13)11-4-5-11/h6-8,11H,4-5H2,1-3H3. The van der Waals surface area contributed by atoms with Crippen molar-refractivity contribution < 1.29 is 9.15 Å². The van der Waals surface area contributed by atoms with Crippen LogP contribution in [-0.4, -0.2) is 12.1 Å². The van der Waals surface area contributed by atoms with Crippen LogP contribution in [0.25, 0.3) is 22.2 Å². The summed E-state index contributed by atoms with van der Waals surface area (Å²) in [5.41, 5.74) is 3.60. The molecule has 0 saturated heterocycles. The van der Waals surface area contributed by atoms with Gasteiger partial charge < -0.3 is 9.15 Å². The second-order valence-electron chi connectivity index (χ2n) is 6.04. The molecular formula is C18H17NO3S. The first-order chi connectivity index (χ1) is 11.1. The lowest BCUT2D eigenvalue weighted by Gasteiger charge is -2.11. The van der Waals surface area contributed by atoms with Crippen molar-refractivity contribution in [3.8, 4) is 17.0 Å². The Morgan fingerprint density at radius 3 is 2.74 bits per heavy atom. The molecule has 1 fully saturated rings. The summed E-state index contributed by atoms with van der Waals surface area (Å²) in [6, 6.07) is 3.86. The van der Waals surface area contributed by atoms with E-state index < -0.39 is 0 Å².